The van der Waals surface area contributed by atoms with E-state index in [1.54, 1.807) is 0 Å². The normalized spacial score (nSPS) is 21.2. The fourth-order valence-electron chi connectivity index (χ4n) is 1.21. The Morgan fingerprint density at radius 3 is 2.33 bits per heavy atom. The molecule has 0 spiro atoms. The molecule has 0 saturated carbocycles. The molecule has 1 aliphatic heterocycles. The lowest BCUT2D eigenvalue weighted by molar-refractivity contribution is -0.115. The van der Waals surface area contributed by atoms with Crippen molar-refractivity contribution in [3.05, 3.63) is 30.1 Å². The highest BCUT2D eigenvalue weighted by atomic mass is 79.9. The molecule has 0 unspecified atom stereocenters. The summed E-state index contributed by atoms with van der Waals surface area (Å²) in [5.41, 5.74) is 0.390. The molecule has 6 heteroatoms. The molecule has 15 heavy (non-hydrogen) atoms. The third-order valence-electron chi connectivity index (χ3n) is 1.89. The number of alkyl halides is 1. The first-order valence-corrected chi connectivity index (χ1v) is 5.83. The molecule has 78 valence electrons. The molecule has 1 aromatic carbocycles. The zero-order chi connectivity index (χ0) is 11.0. The smallest absolute Gasteiger partial charge is 0.272 e. The van der Waals surface area contributed by atoms with Gasteiger partial charge in [-0.05, 0) is 36.0 Å². The van der Waals surface area contributed by atoms with Crippen molar-refractivity contribution in [1.29, 1.82) is 0 Å². The Bertz CT molecular complexity index is 423. The van der Waals surface area contributed by atoms with Crippen LogP contribution in [0.1, 0.15) is 0 Å². The average Bonchev–Trinajstić information content (AvgIpc) is 2.44. The molecule has 0 bridgehead atoms. The highest BCUT2D eigenvalue weighted by Gasteiger charge is 2.38. The van der Waals surface area contributed by atoms with Crippen molar-refractivity contribution in [2.75, 3.05) is 4.90 Å². The molecular weight excluding hydrogens is 285 g/mol. The van der Waals surface area contributed by atoms with Crippen LogP contribution in [0, 0.1) is 5.82 Å². The van der Waals surface area contributed by atoms with E-state index in [2.05, 4.69) is 15.9 Å². The third kappa shape index (κ3) is 1.91. The van der Waals surface area contributed by atoms with Crippen LogP contribution in [0.25, 0.3) is 0 Å². The zero-order valence-corrected chi connectivity index (χ0v) is 9.72. The van der Waals surface area contributed by atoms with Gasteiger partial charge in [-0.3, -0.25) is 9.59 Å². The van der Waals surface area contributed by atoms with Crippen LogP contribution in [0.15, 0.2) is 24.3 Å². The van der Waals surface area contributed by atoms with E-state index in [1.165, 1.54) is 24.3 Å². The van der Waals surface area contributed by atoms with Crippen molar-refractivity contribution in [3.8, 4) is 0 Å². The van der Waals surface area contributed by atoms with Crippen molar-refractivity contribution in [3.63, 3.8) is 0 Å². The van der Waals surface area contributed by atoms with Crippen LogP contribution in [0.2, 0.25) is 0 Å². The number of anilines is 1. The molecule has 1 atom stereocenters. The van der Waals surface area contributed by atoms with Crippen LogP contribution in [0.4, 0.5) is 14.9 Å². The summed E-state index contributed by atoms with van der Waals surface area (Å²) in [5.74, 6) is -0.738. The Kier molecular flexibility index (Phi) is 2.79. The number of rotatable bonds is 1. The highest BCUT2D eigenvalue weighted by Crippen LogP contribution is 2.34. The van der Waals surface area contributed by atoms with E-state index < -0.39 is 9.98 Å². The topological polar surface area (TPSA) is 37.4 Å². The molecule has 1 aromatic rings. The van der Waals surface area contributed by atoms with Crippen molar-refractivity contribution in [1.82, 2.24) is 0 Å². The van der Waals surface area contributed by atoms with Crippen LogP contribution < -0.4 is 4.90 Å². The lowest BCUT2D eigenvalue weighted by Gasteiger charge is -2.12. The first-order chi connectivity index (χ1) is 7.09. The molecule has 2 amide bonds. The minimum absolute atomic E-state index is 0.336. The number of nitrogens with zero attached hydrogens (tertiary/aromatic N) is 1. The predicted molar refractivity (Wildman–Crippen MR) is 59.6 cm³/mol. The number of benzene rings is 1. The first-order valence-electron chi connectivity index (χ1n) is 4.04. The number of carbonyl (C=O) groups excluding carboxylic acids is 2. The highest BCUT2D eigenvalue weighted by molar-refractivity contribution is 9.12. The lowest BCUT2D eigenvalue weighted by Crippen LogP contribution is -2.29. The van der Waals surface area contributed by atoms with Gasteiger partial charge in [0.05, 0.1) is 5.69 Å². The maximum absolute atomic E-state index is 12.6. The summed E-state index contributed by atoms with van der Waals surface area (Å²) in [6.45, 7) is 0. The molecule has 1 heterocycles. The first kappa shape index (κ1) is 10.6. The summed E-state index contributed by atoms with van der Waals surface area (Å²) < 4.78 is 12.1. The van der Waals surface area contributed by atoms with E-state index in [-0.39, 0.29) is 11.1 Å². The molecule has 0 N–H and O–H groups in total. The van der Waals surface area contributed by atoms with Crippen LogP contribution in [0.3, 0.4) is 0 Å². The van der Waals surface area contributed by atoms with E-state index in [4.69, 9.17) is 0 Å². The number of imide groups is 1. The third-order valence-corrected chi connectivity index (χ3v) is 3.63. The van der Waals surface area contributed by atoms with Crippen LogP contribution in [0.5, 0.6) is 0 Å². The fourth-order valence-corrected chi connectivity index (χ4v) is 2.57. The van der Waals surface area contributed by atoms with Crippen molar-refractivity contribution in [2.45, 2.75) is 4.16 Å². The molecule has 0 radical (unpaired) electrons. The van der Waals surface area contributed by atoms with Crippen molar-refractivity contribution >= 4 is 44.5 Å². The molecule has 1 aliphatic rings. The molecule has 3 nitrogen and oxygen atoms in total. The van der Waals surface area contributed by atoms with Gasteiger partial charge in [0.15, 0.2) is 0 Å². The second-order valence-corrected chi connectivity index (χ2v) is 5.43. The molecule has 1 fully saturated rings. The van der Waals surface area contributed by atoms with E-state index >= 15 is 0 Å². The number of amides is 2. The maximum atomic E-state index is 12.6. The SMILES string of the molecule is O=C1S[C@H](Br)C(=O)N1c1ccc(F)cc1. The number of carbonyl (C=O) groups is 2. The average molecular weight is 290 g/mol. The summed E-state index contributed by atoms with van der Waals surface area (Å²) in [6.07, 6.45) is 0. The maximum Gasteiger partial charge on any atom is 0.294 e. The Morgan fingerprint density at radius 1 is 1.27 bits per heavy atom. The standard InChI is InChI=1S/C9H5BrFNO2S/c10-7-8(13)12(9(14)15-7)6-3-1-5(11)2-4-6/h1-4,7H/t7-/m0/s1. The van der Waals surface area contributed by atoms with Gasteiger partial charge in [-0.25, -0.2) is 9.29 Å². The molecule has 0 aliphatic carbocycles. The van der Waals surface area contributed by atoms with Gasteiger partial charge in [0.2, 0.25) is 0 Å². The predicted octanol–water partition coefficient (Wildman–Crippen LogP) is 2.75. The van der Waals surface area contributed by atoms with Crippen LogP contribution >= 0.6 is 27.7 Å². The number of halogens is 2. The van der Waals surface area contributed by atoms with Gasteiger partial charge in [-0.2, -0.15) is 0 Å². The Labute approximate surface area is 97.8 Å². The molecule has 0 aromatic heterocycles. The van der Waals surface area contributed by atoms with Gasteiger partial charge in [0, 0.05) is 0 Å². The molecular formula is C9H5BrFNO2S. The second kappa shape index (κ2) is 3.94. The summed E-state index contributed by atoms with van der Waals surface area (Å²) >= 11 is 3.97. The second-order valence-electron chi connectivity index (χ2n) is 2.85. The Hall–Kier alpha value is -0.880. The van der Waals surface area contributed by atoms with Gasteiger partial charge in [0.25, 0.3) is 11.1 Å². The van der Waals surface area contributed by atoms with Gasteiger partial charge >= 0.3 is 0 Å². The van der Waals surface area contributed by atoms with Crippen molar-refractivity contribution in [2.24, 2.45) is 0 Å². The largest absolute Gasteiger partial charge is 0.294 e. The fraction of sp³-hybridized carbons (Fsp3) is 0.111. The van der Waals surface area contributed by atoms with E-state index in [9.17, 15) is 14.0 Å². The Morgan fingerprint density at radius 2 is 1.87 bits per heavy atom. The monoisotopic (exact) mass is 289 g/mol. The van der Waals surface area contributed by atoms with Crippen molar-refractivity contribution < 1.29 is 14.0 Å². The van der Waals surface area contributed by atoms with Gasteiger partial charge < -0.3 is 0 Å². The summed E-state index contributed by atoms with van der Waals surface area (Å²) in [6, 6.07) is 5.22. The van der Waals surface area contributed by atoms with Crippen LogP contribution in [-0.4, -0.2) is 15.3 Å². The minimum Gasteiger partial charge on any atom is -0.272 e. The summed E-state index contributed by atoms with van der Waals surface area (Å²) in [7, 11) is 0. The molecule has 2 rings (SSSR count). The Balaban J connectivity index is 2.35. The summed E-state index contributed by atoms with van der Waals surface area (Å²) in [4.78, 5) is 24.0. The lowest BCUT2D eigenvalue weighted by atomic mass is 10.3. The summed E-state index contributed by atoms with van der Waals surface area (Å²) in [5, 5.41) is -0.353. The van der Waals surface area contributed by atoms with Gasteiger partial charge in [-0.1, -0.05) is 15.9 Å². The van der Waals surface area contributed by atoms with E-state index in [1.807, 2.05) is 0 Å². The number of thioether (sulfide) groups is 1. The number of hydrogen-bond acceptors (Lipinski definition) is 3. The quantitative estimate of drug-likeness (QED) is 0.746. The van der Waals surface area contributed by atoms with E-state index in [0.717, 1.165) is 16.7 Å². The van der Waals surface area contributed by atoms with E-state index in [0.29, 0.717) is 5.69 Å². The zero-order valence-electron chi connectivity index (χ0n) is 7.31. The number of hydrogen-bond donors (Lipinski definition) is 0. The van der Waals surface area contributed by atoms with Gasteiger partial charge in [0.1, 0.15) is 9.98 Å². The van der Waals surface area contributed by atoms with Gasteiger partial charge in [-0.15, -0.1) is 0 Å². The minimum atomic E-state index is -0.546. The molecule has 1 saturated heterocycles. The van der Waals surface area contributed by atoms with Crippen LogP contribution in [-0.2, 0) is 4.79 Å².